The molecule has 1 saturated heterocycles. The third-order valence-corrected chi connectivity index (χ3v) is 4.98. The molecule has 0 bridgehead atoms. The predicted molar refractivity (Wildman–Crippen MR) is 114 cm³/mol. The van der Waals surface area contributed by atoms with Crippen LogP contribution in [0.3, 0.4) is 0 Å². The SMILES string of the molecule is O=C(O)c1cccc(-c2ccc(/C=N\NC(=O)c3ccc(N4CCCC4)cc3)o2)c1. The van der Waals surface area contributed by atoms with Gasteiger partial charge in [-0.15, -0.1) is 0 Å². The maximum absolute atomic E-state index is 12.3. The number of nitrogens with zero attached hydrogens (tertiary/aromatic N) is 2. The van der Waals surface area contributed by atoms with Crippen molar-refractivity contribution in [1.82, 2.24) is 5.43 Å². The van der Waals surface area contributed by atoms with E-state index in [0.29, 0.717) is 22.6 Å². The molecule has 0 spiro atoms. The van der Waals surface area contributed by atoms with E-state index >= 15 is 0 Å². The number of carbonyl (C=O) groups excluding carboxylic acids is 1. The van der Waals surface area contributed by atoms with E-state index in [4.69, 9.17) is 9.52 Å². The Labute approximate surface area is 173 Å². The van der Waals surface area contributed by atoms with Crippen LogP contribution in [0.5, 0.6) is 0 Å². The van der Waals surface area contributed by atoms with E-state index in [0.717, 1.165) is 18.8 Å². The summed E-state index contributed by atoms with van der Waals surface area (Å²) in [5.74, 6) is -0.347. The lowest BCUT2D eigenvalue weighted by molar-refractivity contribution is 0.0696. The van der Waals surface area contributed by atoms with Crippen molar-refractivity contribution in [3.8, 4) is 11.3 Å². The van der Waals surface area contributed by atoms with Crippen LogP contribution in [-0.4, -0.2) is 36.3 Å². The number of carboxylic acid groups (broad SMARTS) is 1. The van der Waals surface area contributed by atoms with Gasteiger partial charge in [0.05, 0.1) is 11.8 Å². The first kappa shape index (κ1) is 19.4. The normalized spacial score (nSPS) is 13.7. The molecule has 30 heavy (non-hydrogen) atoms. The van der Waals surface area contributed by atoms with Crippen LogP contribution >= 0.6 is 0 Å². The Morgan fingerprint density at radius 3 is 2.50 bits per heavy atom. The van der Waals surface area contributed by atoms with Gasteiger partial charge in [-0.1, -0.05) is 12.1 Å². The fourth-order valence-corrected chi connectivity index (χ4v) is 3.40. The summed E-state index contributed by atoms with van der Waals surface area (Å²) in [6.45, 7) is 2.11. The van der Waals surface area contributed by atoms with Crippen LogP contribution in [-0.2, 0) is 0 Å². The first-order chi connectivity index (χ1) is 14.6. The summed E-state index contributed by atoms with van der Waals surface area (Å²) in [6.07, 6.45) is 3.81. The minimum atomic E-state index is -0.999. The molecule has 2 N–H and O–H groups in total. The number of rotatable bonds is 6. The number of furan rings is 1. The second-order valence-corrected chi connectivity index (χ2v) is 7.03. The van der Waals surface area contributed by atoms with Crippen molar-refractivity contribution in [2.24, 2.45) is 5.10 Å². The zero-order valence-corrected chi connectivity index (χ0v) is 16.2. The zero-order chi connectivity index (χ0) is 20.9. The predicted octanol–water partition coefficient (Wildman–Crippen LogP) is 4.01. The molecule has 0 saturated carbocycles. The molecule has 7 heteroatoms. The van der Waals surface area contributed by atoms with Crippen molar-refractivity contribution < 1.29 is 19.1 Å². The highest BCUT2D eigenvalue weighted by Gasteiger charge is 2.13. The number of benzene rings is 2. The van der Waals surface area contributed by atoms with Gasteiger partial charge < -0.3 is 14.4 Å². The molecule has 152 valence electrons. The zero-order valence-electron chi connectivity index (χ0n) is 16.2. The van der Waals surface area contributed by atoms with Crippen LogP contribution < -0.4 is 10.3 Å². The van der Waals surface area contributed by atoms with Gasteiger partial charge in [-0.05, 0) is 61.4 Å². The molecule has 4 rings (SSSR count). The van der Waals surface area contributed by atoms with E-state index in [1.54, 1.807) is 36.4 Å². The van der Waals surface area contributed by atoms with Crippen LogP contribution in [0.15, 0.2) is 70.2 Å². The van der Waals surface area contributed by atoms with Gasteiger partial charge in [-0.25, -0.2) is 10.2 Å². The standard InChI is InChI=1S/C23H21N3O4/c27-22(16-6-8-19(9-7-16)26-12-1-2-13-26)25-24-15-20-10-11-21(30-20)17-4-3-5-18(14-17)23(28)29/h3-11,14-15H,1-2,12-13H2,(H,25,27)(H,28,29)/b24-15-. The first-order valence-electron chi connectivity index (χ1n) is 9.72. The molecule has 0 aliphatic carbocycles. The number of hydrazone groups is 1. The summed E-state index contributed by atoms with van der Waals surface area (Å²) in [6, 6.07) is 17.4. The number of nitrogens with one attached hydrogen (secondary N) is 1. The molecular formula is C23H21N3O4. The minimum absolute atomic E-state index is 0.183. The van der Waals surface area contributed by atoms with Gasteiger partial charge in [-0.2, -0.15) is 5.10 Å². The highest BCUT2D eigenvalue weighted by molar-refractivity contribution is 5.95. The maximum atomic E-state index is 12.3. The second-order valence-electron chi connectivity index (χ2n) is 7.03. The van der Waals surface area contributed by atoms with Gasteiger partial charge in [0, 0.05) is 29.9 Å². The number of amides is 1. The molecule has 2 heterocycles. The lowest BCUT2D eigenvalue weighted by Gasteiger charge is -2.17. The Kier molecular flexibility index (Phi) is 5.61. The van der Waals surface area contributed by atoms with E-state index in [1.807, 2.05) is 12.1 Å². The van der Waals surface area contributed by atoms with Crippen LogP contribution in [0.25, 0.3) is 11.3 Å². The molecule has 0 unspecified atom stereocenters. The van der Waals surface area contributed by atoms with Crippen molar-refractivity contribution in [2.45, 2.75) is 12.8 Å². The van der Waals surface area contributed by atoms with Gasteiger partial charge in [0.1, 0.15) is 11.5 Å². The molecule has 0 radical (unpaired) electrons. The van der Waals surface area contributed by atoms with Crippen molar-refractivity contribution in [3.05, 3.63) is 77.6 Å². The smallest absolute Gasteiger partial charge is 0.335 e. The molecule has 1 amide bonds. The lowest BCUT2D eigenvalue weighted by Crippen LogP contribution is -2.19. The Bertz CT molecular complexity index is 1080. The van der Waals surface area contributed by atoms with Crippen molar-refractivity contribution >= 4 is 23.8 Å². The Balaban J connectivity index is 1.37. The second kappa shape index (κ2) is 8.65. The topological polar surface area (TPSA) is 95.1 Å². The van der Waals surface area contributed by atoms with E-state index in [-0.39, 0.29) is 11.5 Å². The van der Waals surface area contributed by atoms with E-state index in [2.05, 4.69) is 15.4 Å². The number of hydrogen-bond acceptors (Lipinski definition) is 5. The van der Waals surface area contributed by atoms with E-state index in [1.165, 1.54) is 31.2 Å². The highest BCUT2D eigenvalue weighted by atomic mass is 16.4. The summed E-state index contributed by atoms with van der Waals surface area (Å²) in [7, 11) is 0. The molecule has 1 aliphatic heterocycles. The Morgan fingerprint density at radius 2 is 1.77 bits per heavy atom. The van der Waals surface area contributed by atoms with Crippen molar-refractivity contribution in [1.29, 1.82) is 0 Å². The first-order valence-corrected chi connectivity index (χ1v) is 9.72. The number of carboxylic acids is 1. The summed E-state index contributed by atoms with van der Waals surface area (Å²) < 4.78 is 5.67. The van der Waals surface area contributed by atoms with Gasteiger partial charge in [0.2, 0.25) is 0 Å². The van der Waals surface area contributed by atoms with Crippen LogP contribution in [0.2, 0.25) is 0 Å². The van der Waals surface area contributed by atoms with Crippen LogP contribution in [0, 0.1) is 0 Å². The fraction of sp³-hybridized carbons (Fsp3) is 0.174. The van der Waals surface area contributed by atoms with Gasteiger partial charge >= 0.3 is 5.97 Å². The lowest BCUT2D eigenvalue weighted by atomic mass is 10.1. The average Bonchev–Trinajstić information content (AvgIpc) is 3.46. The van der Waals surface area contributed by atoms with Gasteiger partial charge in [0.25, 0.3) is 5.91 Å². The Morgan fingerprint density at radius 1 is 1.00 bits per heavy atom. The maximum Gasteiger partial charge on any atom is 0.335 e. The van der Waals surface area contributed by atoms with Crippen LogP contribution in [0.1, 0.15) is 39.3 Å². The number of aromatic carboxylic acids is 1. The summed E-state index contributed by atoms with van der Waals surface area (Å²) in [5.41, 5.74) is 4.98. The molecule has 3 aromatic rings. The quantitative estimate of drug-likeness (QED) is 0.479. The largest absolute Gasteiger partial charge is 0.478 e. The molecule has 1 fully saturated rings. The molecule has 7 nitrogen and oxygen atoms in total. The molecule has 2 aromatic carbocycles. The third-order valence-electron chi connectivity index (χ3n) is 4.98. The summed E-state index contributed by atoms with van der Waals surface area (Å²) in [5, 5.41) is 13.0. The third kappa shape index (κ3) is 4.41. The average molecular weight is 403 g/mol. The minimum Gasteiger partial charge on any atom is -0.478 e. The van der Waals surface area contributed by atoms with Crippen molar-refractivity contribution in [2.75, 3.05) is 18.0 Å². The summed E-state index contributed by atoms with van der Waals surface area (Å²) >= 11 is 0. The summed E-state index contributed by atoms with van der Waals surface area (Å²) in [4.78, 5) is 25.7. The van der Waals surface area contributed by atoms with Gasteiger partial charge in [-0.3, -0.25) is 4.79 Å². The molecule has 0 atom stereocenters. The Hall–Kier alpha value is -3.87. The van der Waals surface area contributed by atoms with E-state index in [9.17, 15) is 9.59 Å². The monoisotopic (exact) mass is 403 g/mol. The fourth-order valence-electron chi connectivity index (χ4n) is 3.40. The van der Waals surface area contributed by atoms with E-state index < -0.39 is 5.97 Å². The molecule has 1 aromatic heterocycles. The van der Waals surface area contributed by atoms with Gasteiger partial charge in [0.15, 0.2) is 0 Å². The number of hydrogen-bond donors (Lipinski definition) is 2. The molecular weight excluding hydrogens is 382 g/mol. The number of carbonyl (C=O) groups is 2. The highest BCUT2D eigenvalue weighted by Crippen LogP contribution is 2.23. The van der Waals surface area contributed by atoms with Crippen molar-refractivity contribution in [3.63, 3.8) is 0 Å². The van der Waals surface area contributed by atoms with Crippen LogP contribution in [0.4, 0.5) is 5.69 Å². The number of anilines is 1. The molecule has 1 aliphatic rings.